The van der Waals surface area contributed by atoms with Crippen molar-refractivity contribution in [1.29, 1.82) is 0 Å². The normalized spacial score (nSPS) is 13.8. The van der Waals surface area contributed by atoms with E-state index < -0.39 is 0 Å². The number of rotatable bonds is 5. The largest absolute Gasteiger partial charge is 0.392 e. The molecule has 0 fully saturated rings. The summed E-state index contributed by atoms with van der Waals surface area (Å²) in [6.07, 6.45) is 4.08. The highest BCUT2D eigenvalue weighted by Gasteiger charge is 2.18. The number of benzene rings is 3. The summed E-state index contributed by atoms with van der Waals surface area (Å²) in [5.41, 5.74) is 10.6. The lowest BCUT2D eigenvalue weighted by Crippen LogP contribution is -2.03. The standard InChI is InChI=1S/C16H16FNO.C13H17N.C8H14O.2C2H6/c1-3-18-15-5-4-11(9-19)7-12(15)13-8-14(17)10(2)6-16(13)18;1-4-12-10(3)11-8-6-7-9-13(11)14(12)5-2;1-3-7-6(2)4-5-8(7)9;2*1-2/h4-8,19H,3,9H2,1-2H3;6-9H,4-5H2,1-3H3;8-9H,3-5H2,1-2H3;2*1-2H3. The molecular weight excluding hydrogens is 571 g/mol. The molecule has 2 aromatic heterocycles. The van der Waals surface area contributed by atoms with Crippen molar-refractivity contribution in [2.75, 3.05) is 0 Å². The molecule has 46 heavy (non-hydrogen) atoms. The minimum Gasteiger partial charge on any atom is -0.392 e. The second kappa shape index (κ2) is 18.7. The van der Waals surface area contributed by atoms with Crippen molar-refractivity contribution in [3.05, 3.63) is 93.9 Å². The van der Waals surface area contributed by atoms with Gasteiger partial charge in [-0.3, -0.25) is 0 Å². The van der Waals surface area contributed by atoms with Crippen molar-refractivity contribution >= 4 is 32.7 Å². The number of hydrogen-bond donors (Lipinski definition) is 2. The quantitative estimate of drug-likeness (QED) is 0.190. The van der Waals surface area contributed by atoms with Crippen LogP contribution in [0.2, 0.25) is 0 Å². The van der Waals surface area contributed by atoms with Crippen LogP contribution in [0.5, 0.6) is 0 Å². The molecule has 252 valence electrons. The van der Waals surface area contributed by atoms with Crippen molar-refractivity contribution in [2.45, 2.75) is 128 Å². The minimum absolute atomic E-state index is 0.00306. The van der Waals surface area contributed by atoms with Crippen LogP contribution < -0.4 is 0 Å². The van der Waals surface area contributed by atoms with Crippen LogP contribution in [-0.4, -0.2) is 25.5 Å². The van der Waals surface area contributed by atoms with E-state index in [9.17, 15) is 14.6 Å². The lowest BCUT2D eigenvalue weighted by molar-refractivity contribution is 0.209. The zero-order valence-corrected chi connectivity index (χ0v) is 30.4. The molecule has 1 aliphatic rings. The Hall–Kier alpha value is -3.41. The highest BCUT2D eigenvalue weighted by atomic mass is 19.1. The van der Waals surface area contributed by atoms with Gasteiger partial charge in [0.15, 0.2) is 0 Å². The second-order valence-electron chi connectivity index (χ2n) is 11.3. The molecule has 6 rings (SSSR count). The van der Waals surface area contributed by atoms with E-state index in [0.717, 1.165) is 66.1 Å². The Bertz CT molecular complexity index is 1720. The molecule has 3 aromatic carbocycles. The van der Waals surface area contributed by atoms with Crippen LogP contribution in [0.4, 0.5) is 4.39 Å². The Kier molecular flexibility index (Phi) is 15.7. The maximum absolute atomic E-state index is 13.8. The van der Waals surface area contributed by atoms with E-state index in [1.807, 2.05) is 52.0 Å². The van der Waals surface area contributed by atoms with Crippen LogP contribution in [0, 0.1) is 19.7 Å². The number of aliphatic hydroxyl groups is 2. The van der Waals surface area contributed by atoms with Crippen molar-refractivity contribution in [1.82, 2.24) is 9.13 Å². The molecule has 0 bridgehead atoms. The molecule has 5 heteroatoms. The Balaban J connectivity index is 0.000000241. The molecule has 2 heterocycles. The van der Waals surface area contributed by atoms with Crippen LogP contribution in [-0.2, 0) is 26.1 Å². The van der Waals surface area contributed by atoms with Gasteiger partial charge in [-0.2, -0.15) is 0 Å². The van der Waals surface area contributed by atoms with Crippen LogP contribution in [0.3, 0.4) is 0 Å². The summed E-state index contributed by atoms with van der Waals surface area (Å²) < 4.78 is 18.4. The predicted octanol–water partition coefficient (Wildman–Crippen LogP) is 11.2. The van der Waals surface area contributed by atoms with Gasteiger partial charge in [0.1, 0.15) is 5.82 Å². The summed E-state index contributed by atoms with van der Waals surface area (Å²) in [7, 11) is 0. The van der Waals surface area contributed by atoms with Crippen LogP contribution in [0.1, 0.15) is 104 Å². The summed E-state index contributed by atoms with van der Waals surface area (Å²) >= 11 is 0. The smallest absolute Gasteiger partial charge is 0.126 e. The third-order valence-corrected chi connectivity index (χ3v) is 8.84. The van der Waals surface area contributed by atoms with E-state index in [0.29, 0.717) is 5.56 Å². The summed E-state index contributed by atoms with van der Waals surface area (Å²) in [4.78, 5) is 0. The van der Waals surface area contributed by atoms with Crippen LogP contribution >= 0.6 is 0 Å². The van der Waals surface area contributed by atoms with Gasteiger partial charge in [-0.1, -0.05) is 71.4 Å². The maximum atomic E-state index is 13.8. The number of aromatic nitrogens is 2. The number of allylic oxidation sites excluding steroid dienone is 1. The summed E-state index contributed by atoms with van der Waals surface area (Å²) in [6.45, 7) is 24.7. The molecule has 0 saturated carbocycles. The molecular formula is C41H59FN2O2. The number of hydrogen-bond acceptors (Lipinski definition) is 2. The Labute approximate surface area is 277 Å². The van der Waals surface area contributed by atoms with Gasteiger partial charge in [-0.25, -0.2) is 4.39 Å². The van der Waals surface area contributed by atoms with E-state index in [4.69, 9.17) is 0 Å². The van der Waals surface area contributed by atoms with E-state index in [1.54, 1.807) is 13.0 Å². The van der Waals surface area contributed by atoms with E-state index in [1.165, 1.54) is 33.3 Å². The number of aliphatic hydroxyl groups excluding tert-OH is 2. The SMILES string of the molecule is CC.CC.CCC1=C(C)CCC1O.CCc1c(C)c2ccccc2n1CC.CCn1c2ccc(CO)cc2c2cc(F)c(C)cc21. The van der Waals surface area contributed by atoms with Gasteiger partial charge in [0.25, 0.3) is 0 Å². The van der Waals surface area contributed by atoms with Crippen molar-refractivity contribution < 1.29 is 14.6 Å². The van der Waals surface area contributed by atoms with Crippen molar-refractivity contribution in [3.63, 3.8) is 0 Å². The Morgan fingerprint density at radius 2 is 1.35 bits per heavy atom. The van der Waals surface area contributed by atoms with E-state index in [-0.39, 0.29) is 18.5 Å². The molecule has 0 amide bonds. The predicted molar refractivity (Wildman–Crippen MR) is 198 cm³/mol. The zero-order chi connectivity index (χ0) is 34.6. The lowest BCUT2D eigenvalue weighted by atomic mass is 10.1. The number of para-hydroxylation sites is 1. The van der Waals surface area contributed by atoms with Gasteiger partial charge in [0.2, 0.25) is 0 Å². The lowest BCUT2D eigenvalue weighted by Gasteiger charge is -2.05. The monoisotopic (exact) mass is 630 g/mol. The molecule has 0 aliphatic heterocycles. The van der Waals surface area contributed by atoms with Gasteiger partial charge < -0.3 is 19.3 Å². The van der Waals surface area contributed by atoms with Gasteiger partial charge >= 0.3 is 0 Å². The average molecular weight is 631 g/mol. The average Bonchev–Trinajstić information content (AvgIpc) is 3.69. The van der Waals surface area contributed by atoms with Gasteiger partial charge in [-0.15, -0.1) is 0 Å². The Morgan fingerprint density at radius 3 is 1.87 bits per heavy atom. The fourth-order valence-electron chi connectivity index (χ4n) is 6.56. The van der Waals surface area contributed by atoms with E-state index >= 15 is 0 Å². The molecule has 4 nitrogen and oxygen atoms in total. The molecule has 2 N–H and O–H groups in total. The van der Waals surface area contributed by atoms with Crippen molar-refractivity contribution in [3.8, 4) is 0 Å². The topological polar surface area (TPSA) is 50.3 Å². The van der Waals surface area contributed by atoms with Gasteiger partial charge in [0.05, 0.1) is 12.7 Å². The number of fused-ring (bicyclic) bond motifs is 4. The summed E-state index contributed by atoms with van der Waals surface area (Å²) in [5, 5.41) is 21.9. The molecule has 1 unspecified atom stereocenters. The van der Waals surface area contributed by atoms with Gasteiger partial charge in [0, 0.05) is 51.5 Å². The molecule has 5 aromatic rings. The molecule has 1 atom stereocenters. The first-order valence-corrected chi connectivity index (χ1v) is 17.4. The first-order valence-electron chi connectivity index (χ1n) is 17.4. The molecule has 0 spiro atoms. The maximum Gasteiger partial charge on any atom is 0.126 e. The minimum atomic E-state index is -0.183. The number of nitrogens with zero attached hydrogens (tertiary/aromatic N) is 2. The van der Waals surface area contributed by atoms with E-state index in [2.05, 4.69) is 74.9 Å². The first-order chi connectivity index (χ1) is 22.2. The van der Waals surface area contributed by atoms with Crippen LogP contribution in [0.25, 0.3) is 32.7 Å². The number of aryl methyl sites for hydroxylation is 4. The highest BCUT2D eigenvalue weighted by molar-refractivity contribution is 6.08. The molecule has 1 aliphatic carbocycles. The highest BCUT2D eigenvalue weighted by Crippen LogP contribution is 2.32. The summed E-state index contributed by atoms with van der Waals surface area (Å²) in [5.74, 6) is -0.183. The van der Waals surface area contributed by atoms with Crippen molar-refractivity contribution in [2.24, 2.45) is 0 Å². The van der Waals surface area contributed by atoms with Gasteiger partial charge in [-0.05, 0) is 113 Å². The molecule has 0 radical (unpaired) electrons. The molecule has 0 saturated heterocycles. The first kappa shape index (κ1) is 38.8. The number of halogens is 1. The Morgan fingerprint density at radius 1 is 0.739 bits per heavy atom. The zero-order valence-electron chi connectivity index (χ0n) is 30.4. The summed E-state index contributed by atoms with van der Waals surface area (Å²) in [6, 6.07) is 18.0. The fourth-order valence-corrected chi connectivity index (χ4v) is 6.56. The second-order valence-corrected chi connectivity index (χ2v) is 11.3. The third-order valence-electron chi connectivity index (χ3n) is 8.84. The third kappa shape index (κ3) is 8.29. The van der Waals surface area contributed by atoms with Crippen LogP contribution in [0.15, 0.2) is 65.7 Å². The fraction of sp³-hybridized carbons (Fsp3) is 0.463.